The van der Waals surface area contributed by atoms with Gasteiger partial charge < -0.3 is 4.90 Å². The van der Waals surface area contributed by atoms with Crippen LogP contribution in [-0.4, -0.2) is 43.2 Å². The Morgan fingerprint density at radius 2 is 1.82 bits per heavy atom. The number of amides is 1. The molecule has 0 N–H and O–H groups in total. The molecule has 1 fully saturated rings. The lowest BCUT2D eigenvalue weighted by atomic mass is 9.99. The van der Waals surface area contributed by atoms with Crippen LogP contribution in [0.25, 0.3) is 0 Å². The number of piperidine rings is 1. The molecule has 2 heterocycles. The maximum Gasteiger partial charge on any atom is 0.254 e. The number of benzene rings is 2. The highest BCUT2D eigenvalue weighted by atomic mass is 32.2. The lowest BCUT2D eigenvalue weighted by Gasteiger charge is -2.30. The smallest absolute Gasteiger partial charge is 0.254 e. The topological polar surface area (TPSA) is 57.7 Å². The number of rotatable bonds is 3. The van der Waals surface area contributed by atoms with E-state index in [1.807, 2.05) is 18.2 Å². The van der Waals surface area contributed by atoms with Crippen molar-refractivity contribution >= 4 is 15.9 Å². The number of hydrogen-bond donors (Lipinski definition) is 0. The van der Waals surface area contributed by atoms with Crippen molar-refractivity contribution in [1.82, 2.24) is 9.21 Å². The second-order valence-corrected chi connectivity index (χ2v) is 9.82. The van der Waals surface area contributed by atoms with E-state index in [-0.39, 0.29) is 10.8 Å². The van der Waals surface area contributed by atoms with Crippen LogP contribution >= 0.6 is 0 Å². The molecule has 0 aliphatic carbocycles. The summed E-state index contributed by atoms with van der Waals surface area (Å²) in [5, 5.41) is 0. The zero-order chi connectivity index (χ0) is 19.7. The van der Waals surface area contributed by atoms with Gasteiger partial charge in [0.1, 0.15) is 0 Å². The minimum atomic E-state index is -3.57. The molecular weight excluding hydrogens is 372 g/mol. The van der Waals surface area contributed by atoms with Gasteiger partial charge in [-0.15, -0.1) is 0 Å². The summed E-state index contributed by atoms with van der Waals surface area (Å²) in [6.45, 7) is 4.39. The average Bonchev–Trinajstić information content (AvgIpc) is 2.73. The predicted octanol–water partition coefficient (Wildman–Crippen LogP) is 3.31. The molecule has 148 valence electrons. The van der Waals surface area contributed by atoms with E-state index in [2.05, 4.69) is 13.0 Å². The number of fused-ring (bicyclic) bond motifs is 1. The number of carbonyl (C=O) groups excluding carboxylic acids is 1. The zero-order valence-corrected chi connectivity index (χ0v) is 17.0. The van der Waals surface area contributed by atoms with E-state index in [0.29, 0.717) is 37.7 Å². The molecule has 2 aliphatic heterocycles. The maximum absolute atomic E-state index is 13.0. The van der Waals surface area contributed by atoms with Gasteiger partial charge in [0.25, 0.3) is 5.91 Å². The van der Waals surface area contributed by atoms with Crippen molar-refractivity contribution in [3.8, 4) is 0 Å². The highest BCUT2D eigenvalue weighted by Gasteiger charge is 2.29. The maximum atomic E-state index is 13.0. The molecule has 0 aromatic heterocycles. The minimum absolute atomic E-state index is 0.112. The molecule has 2 aromatic carbocycles. The Bertz CT molecular complexity index is 987. The van der Waals surface area contributed by atoms with Gasteiger partial charge in [-0.1, -0.05) is 37.3 Å². The van der Waals surface area contributed by atoms with Crippen molar-refractivity contribution in [3.05, 3.63) is 65.2 Å². The summed E-state index contributed by atoms with van der Waals surface area (Å²) < 4.78 is 27.7. The molecular formula is C22H26N2O3S. The van der Waals surface area contributed by atoms with E-state index < -0.39 is 10.0 Å². The highest BCUT2D eigenvalue weighted by Crippen LogP contribution is 2.25. The third-order valence-corrected chi connectivity index (χ3v) is 7.62. The number of hydrogen-bond acceptors (Lipinski definition) is 3. The summed E-state index contributed by atoms with van der Waals surface area (Å²) in [6.07, 6.45) is 2.76. The molecule has 2 aromatic rings. The van der Waals surface area contributed by atoms with Gasteiger partial charge in [0.05, 0.1) is 4.90 Å². The quantitative estimate of drug-likeness (QED) is 0.797. The Labute approximate surface area is 167 Å². The first kappa shape index (κ1) is 19.2. The molecule has 1 amide bonds. The van der Waals surface area contributed by atoms with Crippen LogP contribution in [0.5, 0.6) is 0 Å². The Morgan fingerprint density at radius 1 is 1.04 bits per heavy atom. The molecule has 28 heavy (non-hydrogen) atoms. The van der Waals surface area contributed by atoms with Gasteiger partial charge in [0, 0.05) is 31.7 Å². The molecule has 1 atom stereocenters. The van der Waals surface area contributed by atoms with Gasteiger partial charge >= 0.3 is 0 Å². The number of carbonyl (C=O) groups is 1. The van der Waals surface area contributed by atoms with E-state index in [1.165, 1.54) is 11.6 Å². The lowest BCUT2D eigenvalue weighted by Crippen LogP contribution is -2.39. The molecule has 0 radical (unpaired) electrons. The SMILES string of the molecule is CC1CCCN(S(=O)(=O)c2cccc(C(=O)N3CCc4ccccc4C3)c2)C1. The van der Waals surface area contributed by atoms with Crippen molar-refractivity contribution in [3.63, 3.8) is 0 Å². The largest absolute Gasteiger partial charge is 0.334 e. The van der Waals surface area contributed by atoms with Gasteiger partial charge in [0.15, 0.2) is 0 Å². The zero-order valence-electron chi connectivity index (χ0n) is 16.2. The summed E-state index contributed by atoms with van der Waals surface area (Å²) in [5.41, 5.74) is 2.88. The fourth-order valence-electron chi connectivity index (χ4n) is 4.15. The molecule has 4 rings (SSSR count). The van der Waals surface area contributed by atoms with E-state index >= 15 is 0 Å². The molecule has 5 nitrogen and oxygen atoms in total. The van der Waals surface area contributed by atoms with E-state index in [1.54, 1.807) is 27.4 Å². The lowest BCUT2D eigenvalue weighted by molar-refractivity contribution is 0.0734. The minimum Gasteiger partial charge on any atom is -0.334 e. The highest BCUT2D eigenvalue weighted by molar-refractivity contribution is 7.89. The summed E-state index contributed by atoms with van der Waals surface area (Å²) in [7, 11) is -3.57. The molecule has 1 unspecified atom stereocenters. The second kappa shape index (κ2) is 7.68. The molecule has 0 saturated carbocycles. The third-order valence-electron chi connectivity index (χ3n) is 5.76. The normalized spacial score (nSPS) is 20.6. The van der Waals surface area contributed by atoms with Gasteiger partial charge in [-0.3, -0.25) is 4.79 Å². The molecule has 6 heteroatoms. The summed E-state index contributed by atoms with van der Waals surface area (Å²) in [4.78, 5) is 15.0. The van der Waals surface area contributed by atoms with Crippen molar-refractivity contribution in [1.29, 1.82) is 0 Å². The van der Waals surface area contributed by atoms with Gasteiger partial charge in [-0.25, -0.2) is 8.42 Å². The van der Waals surface area contributed by atoms with Crippen LogP contribution in [0.3, 0.4) is 0 Å². The summed E-state index contributed by atoms with van der Waals surface area (Å²) >= 11 is 0. The Hall–Kier alpha value is -2.18. The van der Waals surface area contributed by atoms with Crippen LogP contribution in [0.15, 0.2) is 53.4 Å². The van der Waals surface area contributed by atoms with Crippen molar-refractivity contribution in [2.75, 3.05) is 19.6 Å². The molecule has 1 saturated heterocycles. The van der Waals surface area contributed by atoms with Gasteiger partial charge in [-0.05, 0) is 54.5 Å². The fraction of sp³-hybridized carbons (Fsp3) is 0.409. The third kappa shape index (κ3) is 3.71. The summed E-state index contributed by atoms with van der Waals surface area (Å²) in [6, 6.07) is 14.7. The second-order valence-electron chi connectivity index (χ2n) is 7.88. The van der Waals surface area contributed by atoms with Crippen LogP contribution < -0.4 is 0 Å². The summed E-state index contributed by atoms with van der Waals surface area (Å²) in [5.74, 6) is 0.250. The average molecular weight is 399 g/mol. The van der Waals surface area contributed by atoms with E-state index in [9.17, 15) is 13.2 Å². The fourth-order valence-corrected chi connectivity index (χ4v) is 5.80. The molecule has 0 spiro atoms. The number of sulfonamides is 1. The van der Waals surface area contributed by atoms with E-state index in [0.717, 1.165) is 24.8 Å². The first-order valence-corrected chi connectivity index (χ1v) is 11.4. The van der Waals surface area contributed by atoms with Crippen LogP contribution in [0.2, 0.25) is 0 Å². The Morgan fingerprint density at radius 3 is 2.61 bits per heavy atom. The van der Waals surface area contributed by atoms with Crippen molar-refractivity contribution in [2.24, 2.45) is 5.92 Å². The van der Waals surface area contributed by atoms with Crippen LogP contribution in [0.1, 0.15) is 41.3 Å². The standard InChI is InChI=1S/C22H26N2O3S/c1-17-6-5-12-24(15-17)28(26,27)21-10-4-9-19(14-21)22(25)23-13-11-18-7-2-3-8-20(18)16-23/h2-4,7-10,14,17H,5-6,11-13,15-16H2,1H3. The van der Waals surface area contributed by atoms with Crippen molar-refractivity contribution in [2.45, 2.75) is 37.6 Å². The van der Waals surface area contributed by atoms with Crippen LogP contribution in [-0.2, 0) is 23.0 Å². The van der Waals surface area contributed by atoms with E-state index in [4.69, 9.17) is 0 Å². The Kier molecular flexibility index (Phi) is 5.25. The van der Waals surface area contributed by atoms with Crippen LogP contribution in [0.4, 0.5) is 0 Å². The van der Waals surface area contributed by atoms with Crippen molar-refractivity contribution < 1.29 is 13.2 Å². The van der Waals surface area contributed by atoms with Crippen LogP contribution in [0, 0.1) is 5.92 Å². The molecule has 2 aliphatic rings. The number of nitrogens with zero attached hydrogens (tertiary/aromatic N) is 2. The van der Waals surface area contributed by atoms with Gasteiger partial charge in [-0.2, -0.15) is 4.31 Å². The first-order chi connectivity index (χ1) is 13.4. The Balaban J connectivity index is 1.56. The van der Waals surface area contributed by atoms with Gasteiger partial charge in [0.2, 0.25) is 10.0 Å². The first-order valence-electron chi connectivity index (χ1n) is 9.91. The molecule has 0 bridgehead atoms. The monoisotopic (exact) mass is 398 g/mol. The predicted molar refractivity (Wildman–Crippen MR) is 108 cm³/mol.